The van der Waals surface area contributed by atoms with E-state index in [9.17, 15) is 4.39 Å². The fourth-order valence-corrected chi connectivity index (χ4v) is 3.82. The van der Waals surface area contributed by atoms with Crippen LogP contribution in [0.2, 0.25) is 0 Å². The summed E-state index contributed by atoms with van der Waals surface area (Å²) in [5.74, 6) is 0.252. The molecule has 17 heavy (non-hydrogen) atoms. The number of nitrogens with zero attached hydrogens (tertiary/aromatic N) is 2. The van der Waals surface area contributed by atoms with Crippen LogP contribution in [0.3, 0.4) is 0 Å². The summed E-state index contributed by atoms with van der Waals surface area (Å²) in [6.07, 6.45) is 5.25. The molecule has 2 heterocycles. The van der Waals surface area contributed by atoms with E-state index in [2.05, 4.69) is 21.6 Å². The van der Waals surface area contributed by atoms with Crippen LogP contribution in [0.5, 0.6) is 0 Å². The van der Waals surface area contributed by atoms with Crippen molar-refractivity contribution in [1.29, 1.82) is 0 Å². The number of halogens is 1. The third kappa shape index (κ3) is 2.34. The highest BCUT2D eigenvalue weighted by Gasteiger charge is 2.29. The third-order valence-corrected chi connectivity index (χ3v) is 5.33. The van der Waals surface area contributed by atoms with Gasteiger partial charge in [-0.05, 0) is 29.7 Å². The van der Waals surface area contributed by atoms with E-state index >= 15 is 0 Å². The zero-order valence-electron chi connectivity index (χ0n) is 8.76. The first-order valence-electron chi connectivity index (χ1n) is 5.21. The topological polar surface area (TPSA) is 25.8 Å². The number of rotatable bonds is 3. The molecule has 0 spiro atoms. The normalized spacial score (nSPS) is 15.2. The maximum absolute atomic E-state index is 13.1. The monoisotopic (exact) mass is 284 g/mol. The fraction of sp³-hybridized carbons (Fsp3) is 0.273. The van der Waals surface area contributed by atoms with Gasteiger partial charge in [-0.2, -0.15) is 0 Å². The molecule has 2 aromatic rings. The van der Waals surface area contributed by atoms with Crippen LogP contribution in [0.25, 0.3) is 10.6 Å². The minimum atomic E-state index is -0.328. The Hall–Kier alpha value is -0.590. The number of hydrogen-bond donors (Lipinski definition) is 1. The summed E-state index contributed by atoms with van der Waals surface area (Å²) in [4.78, 5) is 8.45. The first-order chi connectivity index (χ1) is 8.28. The SMILES string of the molecule is Fc1cncc(-c2nc(C3CC3)c(SS)s2)c1. The van der Waals surface area contributed by atoms with E-state index in [-0.39, 0.29) is 5.82 Å². The predicted octanol–water partition coefficient (Wildman–Crippen LogP) is 4.16. The summed E-state index contributed by atoms with van der Waals surface area (Å²) in [7, 11) is 1.42. The number of thiol groups is 1. The summed E-state index contributed by atoms with van der Waals surface area (Å²) in [5, 5.41) is 0.829. The molecule has 0 atom stereocenters. The molecule has 0 saturated heterocycles. The molecule has 1 saturated carbocycles. The Labute approximate surface area is 112 Å². The van der Waals surface area contributed by atoms with Gasteiger partial charge in [-0.25, -0.2) is 9.37 Å². The predicted molar refractivity (Wildman–Crippen MR) is 72.1 cm³/mol. The number of pyridine rings is 1. The second-order valence-corrected chi connectivity index (χ2v) is 6.35. The Morgan fingerprint density at radius 3 is 2.88 bits per heavy atom. The van der Waals surface area contributed by atoms with E-state index in [1.165, 1.54) is 35.9 Å². The van der Waals surface area contributed by atoms with Crippen molar-refractivity contribution in [3.63, 3.8) is 0 Å². The molecule has 1 fully saturated rings. The van der Waals surface area contributed by atoms with Crippen molar-refractivity contribution in [3.8, 4) is 10.6 Å². The molecule has 0 N–H and O–H groups in total. The van der Waals surface area contributed by atoms with E-state index in [1.807, 2.05) is 0 Å². The summed E-state index contributed by atoms with van der Waals surface area (Å²) >= 11 is 5.80. The minimum Gasteiger partial charge on any atom is -0.261 e. The van der Waals surface area contributed by atoms with Gasteiger partial charge in [0.25, 0.3) is 0 Å². The standard InChI is InChI=1S/C11H9FN2S3/c12-8-3-7(4-13-5-8)10-14-9(6-1-2-6)11(16-10)17-15/h3-6,15H,1-2H2. The fourth-order valence-electron chi connectivity index (χ4n) is 1.65. The van der Waals surface area contributed by atoms with Gasteiger partial charge in [0.1, 0.15) is 10.8 Å². The van der Waals surface area contributed by atoms with Crippen LogP contribution in [0, 0.1) is 5.82 Å². The largest absolute Gasteiger partial charge is 0.261 e. The number of aromatic nitrogens is 2. The van der Waals surface area contributed by atoms with Crippen LogP contribution in [-0.4, -0.2) is 9.97 Å². The lowest BCUT2D eigenvalue weighted by Gasteiger charge is -1.94. The molecular formula is C11H9FN2S3. The van der Waals surface area contributed by atoms with Crippen molar-refractivity contribution in [2.45, 2.75) is 23.0 Å². The average molecular weight is 284 g/mol. The highest BCUT2D eigenvalue weighted by Crippen LogP contribution is 2.48. The molecule has 1 aliphatic carbocycles. The van der Waals surface area contributed by atoms with Gasteiger partial charge < -0.3 is 0 Å². The zero-order chi connectivity index (χ0) is 11.8. The van der Waals surface area contributed by atoms with Gasteiger partial charge in [0.05, 0.1) is 16.1 Å². The summed E-state index contributed by atoms with van der Waals surface area (Å²) in [6, 6.07) is 1.47. The molecule has 1 aliphatic rings. The molecule has 3 rings (SSSR count). The van der Waals surface area contributed by atoms with Gasteiger partial charge in [-0.15, -0.1) is 23.0 Å². The highest BCUT2D eigenvalue weighted by molar-refractivity contribution is 8.69. The van der Waals surface area contributed by atoms with Gasteiger partial charge in [0.15, 0.2) is 0 Å². The van der Waals surface area contributed by atoms with Gasteiger partial charge in [-0.3, -0.25) is 4.98 Å². The molecule has 0 aliphatic heterocycles. The molecule has 6 heteroatoms. The summed E-state index contributed by atoms with van der Waals surface area (Å²) in [6.45, 7) is 0. The van der Waals surface area contributed by atoms with Gasteiger partial charge in [0, 0.05) is 17.7 Å². The minimum absolute atomic E-state index is 0.328. The molecule has 2 aromatic heterocycles. The van der Waals surface area contributed by atoms with Crippen LogP contribution >= 0.6 is 33.8 Å². The lowest BCUT2D eigenvalue weighted by Crippen LogP contribution is -1.84. The first kappa shape index (κ1) is 11.5. The number of hydrogen-bond acceptors (Lipinski definition) is 5. The highest BCUT2D eigenvalue weighted by atomic mass is 33.1. The van der Waals surface area contributed by atoms with Crippen molar-refractivity contribution in [1.82, 2.24) is 9.97 Å². The Morgan fingerprint density at radius 1 is 1.41 bits per heavy atom. The lowest BCUT2D eigenvalue weighted by molar-refractivity contribution is 0.622. The molecule has 0 aromatic carbocycles. The van der Waals surface area contributed by atoms with Crippen molar-refractivity contribution < 1.29 is 4.39 Å². The van der Waals surface area contributed by atoms with Crippen molar-refractivity contribution >= 4 is 33.8 Å². The quantitative estimate of drug-likeness (QED) is 0.677. The van der Waals surface area contributed by atoms with Crippen LogP contribution in [0.15, 0.2) is 22.7 Å². The second-order valence-electron chi connectivity index (χ2n) is 3.95. The van der Waals surface area contributed by atoms with Crippen molar-refractivity contribution in [2.24, 2.45) is 0 Å². The Balaban J connectivity index is 2.03. The van der Waals surface area contributed by atoms with Crippen LogP contribution in [-0.2, 0) is 0 Å². The third-order valence-electron chi connectivity index (χ3n) is 2.62. The average Bonchev–Trinajstić information content (AvgIpc) is 3.08. The van der Waals surface area contributed by atoms with E-state index in [0.29, 0.717) is 5.92 Å². The maximum atomic E-state index is 13.1. The van der Waals surface area contributed by atoms with Gasteiger partial charge in [0.2, 0.25) is 0 Å². The van der Waals surface area contributed by atoms with Crippen molar-refractivity contribution in [3.05, 3.63) is 30.0 Å². The molecule has 0 amide bonds. The zero-order valence-corrected chi connectivity index (χ0v) is 11.3. The Morgan fingerprint density at radius 2 is 2.24 bits per heavy atom. The lowest BCUT2D eigenvalue weighted by atomic mass is 10.3. The van der Waals surface area contributed by atoms with Crippen LogP contribution in [0.4, 0.5) is 4.39 Å². The molecule has 88 valence electrons. The second kappa shape index (κ2) is 4.59. The maximum Gasteiger partial charge on any atom is 0.142 e. The Kier molecular flexibility index (Phi) is 3.10. The van der Waals surface area contributed by atoms with E-state index in [1.54, 1.807) is 17.5 Å². The van der Waals surface area contributed by atoms with Gasteiger partial charge >= 0.3 is 0 Å². The molecular weight excluding hydrogens is 275 g/mol. The van der Waals surface area contributed by atoms with E-state index in [4.69, 9.17) is 0 Å². The van der Waals surface area contributed by atoms with Gasteiger partial charge in [-0.1, -0.05) is 0 Å². The van der Waals surface area contributed by atoms with Crippen LogP contribution < -0.4 is 0 Å². The summed E-state index contributed by atoms with van der Waals surface area (Å²) in [5.41, 5.74) is 1.86. The molecule has 0 radical (unpaired) electrons. The van der Waals surface area contributed by atoms with Crippen LogP contribution in [0.1, 0.15) is 24.5 Å². The molecule has 0 unspecified atom stereocenters. The molecule has 2 nitrogen and oxygen atoms in total. The smallest absolute Gasteiger partial charge is 0.142 e. The number of thiazole rings is 1. The van der Waals surface area contributed by atoms with E-state index in [0.717, 1.165) is 20.5 Å². The van der Waals surface area contributed by atoms with Crippen molar-refractivity contribution in [2.75, 3.05) is 0 Å². The summed E-state index contributed by atoms with van der Waals surface area (Å²) < 4.78 is 14.2. The van der Waals surface area contributed by atoms with E-state index < -0.39 is 0 Å². The molecule has 0 bridgehead atoms. The first-order valence-corrected chi connectivity index (χ1v) is 7.89. The Bertz CT molecular complexity index is 551.